The first-order valence-corrected chi connectivity index (χ1v) is 13.5. The lowest BCUT2D eigenvalue weighted by Crippen LogP contribution is -2.21. The number of carboxylic acids is 2. The zero-order chi connectivity index (χ0) is 32.3. The molecule has 1 aromatic heterocycles. The molecule has 0 unspecified atom stereocenters. The number of nitrogens with two attached hydrogens (primary N) is 3. The lowest BCUT2D eigenvalue weighted by Gasteiger charge is -2.04. The van der Waals surface area contributed by atoms with E-state index in [2.05, 4.69) is 5.32 Å². The summed E-state index contributed by atoms with van der Waals surface area (Å²) in [6.45, 7) is 1.18. The number of hydrogen-bond donors (Lipinski definition) is 6. The highest BCUT2D eigenvalue weighted by atomic mass is 35.5. The van der Waals surface area contributed by atoms with Crippen LogP contribution in [0.3, 0.4) is 0 Å². The Labute approximate surface area is 257 Å². The van der Waals surface area contributed by atoms with Crippen LogP contribution in [-0.4, -0.2) is 34.1 Å². The molecular weight excluding hydrogens is 632 g/mol. The molecule has 0 aliphatic heterocycles. The molecule has 0 radical (unpaired) electrons. The van der Waals surface area contributed by atoms with Crippen LogP contribution in [0.4, 0.5) is 29.5 Å². The van der Waals surface area contributed by atoms with Crippen LogP contribution in [0.15, 0.2) is 72.8 Å². The zero-order valence-electron chi connectivity index (χ0n) is 22.0. The van der Waals surface area contributed by atoms with Gasteiger partial charge in [-0.05, 0) is 41.5 Å². The van der Waals surface area contributed by atoms with Gasteiger partial charge in [-0.3, -0.25) is 4.79 Å². The highest BCUT2D eigenvalue weighted by Gasteiger charge is 2.38. The van der Waals surface area contributed by atoms with Gasteiger partial charge in [0.2, 0.25) is 5.78 Å². The predicted octanol–water partition coefficient (Wildman–Crippen LogP) is 6.55. The Bertz CT molecular complexity index is 1570. The molecule has 0 aliphatic carbocycles. The second-order valence-corrected chi connectivity index (χ2v) is 10.2. The molecule has 0 aliphatic rings. The van der Waals surface area contributed by atoms with E-state index in [1.165, 1.54) is 18.2 Å². The summed E-state index contributed by atoms with van der Waals surface area (Å²) < 4.78 is 31.7. The van der Waals surface area contributed by atoms with Gasteiger partial charge in [-0.25, -0.2) is 9.59 Å². The predicted molar refractivity (Wildman–Crippen MR) is 161 cm³/mol. The number of carbonyl (C=O) groups excluding carboxylic acids is 1. The molecule has 0 saturated carbocycles. The highest BCUT2D eigenvalue weighted by molar-refractivity contribution is 7.19. The molecule has 43 heavy (non-hydrogen) atoms. The molecule has 1 heterocycles. The van der Waals surface area contributed by atoms with Crippen molar-refractivity contribution in [2.75, 3.05) is 11.1 Å². The number of anilines is 3. The summed E-state index contributed by atoms with van der Waals surface area (Å²) >= 11 is 12.9. The minimum Gasteiger partial charge on any atom is -0.478 e. The Hall–Kier alpha value is -4.14. The summed E-state index contributed by atoms with van der Waals surface area (Å²) in [5.41, 5.74) is 19.8. The number of benzene rings is 3. The number of carboxylic acid groups (broad SMARTS) is 2. The topological polar surface area (TPSA) is 182 Å². The number of alkyl halides is 3. The van der Waals surface area contributed by atoms with Gasteiger partial charge in [0.25, 0.3) is 0 Å². The minimum atomic E-state index is -5.08. The average molecular weight is 657 g/mol. The Morgan fingerprint density at radius 3 is 1.88 bits per heavy atom. The molecule has 0 saturated heterocycles. The summed E-state index contributed by atoms with van der Waals surface area (Å²) in [4.78, 5) is 33.5. The van der Waals surface area contributed by atoms with Gasteiger partial charge in [-0.2, -0.15) is 13.2 Å². The van der Waals surface area contributed by atoms with Crippen molar-refractivity contribution in [3.63, 3.8) is 0 Å². The first kappa shape index (κ1) is 35.1. The van der Waals surface area contributed by atoms with Gasteiger partial charge in [-0.1, -0.05) is 65.7 Å². The van der Waals surface area contributed by atoms with Crippen LogP contribution in [0, 0.1) is 0 Å². The second kappa shape index (κ2) is 15.9. The van der Waals surface area contributed by atoms with E-state index in [1.807, 2.05) is 30.3 Å². The number of nitrogen functional groups attached to an aromatic ring is 1. The van der Waals surface area contributed by atoms with Crippen LogP contribution in [0.1, 0.15) is 36.7 Å². The lowest BCUT2D eigenvalue weighted by atomic mass is 10.1. The van der Waals surface area contributed by atoms with Gasteiger partial charge in [0.15, 0.2) is 0 Å². The molecular formula is C28H25Cl2F3N4O5S. The van der Waals surface area contributed by atoms with Crippen LogP contribution in [-0.2, 0) is 17.9 Å². The number of hydrogen-bond acceptors (Lipinski definition) is 8. The Balaban J connectivity index is 0.000000310. The van der Waals surface area contributed by atoms with Crippen molar-refractivity contribution < 1.29 is 37.8 Å². The van der Waals surface area contributed by atoms with Gasteiger partial charge in [0.05, 0.1) is 10.7 Å². The summed E-state index contributed by atoms with van der Waals surface area (Å²) in [5, 5.41) is 20.5. The largest absolute Gasteiger partial charge is 0.490 e. The number of ketones is 1. The minimum absolute atomic E-state index is 0.100. The van der Waals surface area contributed by atoms with E-state index in [0.29, 0.717) is 23.8 Å². The number of aromatic carboxylic acids is 1. The van der Waals surface area contributed by atoms with Crippen molar-refractivity contribution in [2.24, 2.45) is 11.5 Å². The molecule has 0 fully saturated rings. The van der Waals surface area contributed by atoms with E-state index >= 15 is 0 Å². The summed E-state index contributed by atoms with van der Waals surface area (Å²) in [7, 11) is 0. The SMILES string of the molecule is NCc1cccc(CN)c1.Nc1c(C(=O)c2ccc(Cl)cc2Cl)sc(Nc2ccccc2)c1C(=O)O.O=C(O)C(F)(F)F. The van der Waals surface area contributed by atoms with Gasteiger partial charge in [0, 0.05) is 29.4 Å². The molecule has 0 bridgehead atoms. The standard InChI is InChI=1S/C18H12Cl2N2O3S.C8H12N2.C2HF3O2/c19-9-6-7-11(12(20)8-9)15(23)16-14(21)13(18(24)25)17(26-16)22-10-4-2-1-3-5-10;9-5-7-2-1-3-8(4-7)6-10;3-2(4,5)1(6)7/h1-8,22H,21H2,(H,24,25);1-4H,5-6,9-10H2;(H,6,7). The molecule has 4 rings (SSSR count). The Kier molecular flexibility index (Phi) is 13.0. The normalized spacial score (nSPS) is 10.5. The lowest BCUT2D eigenvalue weighted by molar-refractivity contribution is -0.192. The van der Waals surface area contributed by atoms with Crippen LogP contribution in [0.5, 0.6) is 0 Å². The maximum Gasteiger partial charge on any atom is 0.490 e. The van der Waals surface area contributed by atoms with Gasteiger partial charge in [0.1, 0.15) is 15.4 Å². The number of thiophene rings is 1. The molecule has 9 nitrogen and oxygen atoms in total. The van der Waals surface area contributed by atoms with Crippen molar-refractivity contribution in [3.05, 3.63) is 110 Å². The number of aliphatic carboxylic acids is 1. The third-order valence-electron chi connectivity index (χ3n) is 5.28. The van der Waals surface area contributed by atoms with Crippen molar-refractivity contribution >= 4 is 68.6 Å². The number of rotatable bonds is 7. The van der Waals surface area contributed by atoms with E-state index in [1.54, 1.807) is 24.3 Å². The first-order valence-electron chi connectivity index (χ1n) is 11.9. The van der Waals surface area contributed by atoms with E-state index in [4.69, 9.17) is 50.3 Å². The maximum atomic E-state index is 12.8. The van der Waals surface area contributed by atoms with E-state index in [-0.39, 0.29) is 31.7 Å². The molecule has 15 heteroatoms. The Morgan fingerprint density at radius 1 is 0.860 bits per heavy atom. The fourth-order valence-electron chi connectivity index (χ4n) is 3.25. The fourth-order valence-corrected chi connectivity index (χ4v) is 4.83. The third-order valence-corrected chi connectivity index (χ3v) is 6.95. The second-order valence-electron chi connectivity index (χ2n) is 8.33. The van der Waals surface area contributed by atoms with Crippen molar-refractivity contribution in [1.82, 2.24) is 0 Å². The third kappa shape index (κ3) is 10.3. The van der Waals surface area contributed by atoms with E-state index in [9.17, 15) is 27.9 Å². The fraction of sp³-hybridized carbons (Fsp3) is 0.107. The Morgan fingerprint density at radius 2 is 1.42 bits per heavy atom. The molecule has 0 amide bonds. The molecule has 0 atom stereocenters. The van der Waals surface area contributed by atoms with Crippen molar-refractivity contribution in [2.45, 2.75) is 19.3 Å². The number of para-hydroxylation sites is 1. The van der Waals surface area contributed by atoms with Crippen molar-refractivity contribution in [3.8, 4) is 0 Å². The van der Waals surface area contributed by atoms with Gasteiger partial charge >= 0.3 is 18.1 Å². The zero-order valence-corrected chi connectivity index (χ0v) is 24.3. The smallest absolute Gasteiger partial charge is 0.478 e. The molecule has 3 aromatic carbocycles. The van der Waals surface area contributed by atoms with E-state index in [0.717, 1.165) is 22.5 Å². The van der Waals surface area contributed by atoms with Crippen LogP contribution in [0.2, 0.25) is 10.0 Å². The molecule has 0 spiro atoms. The van der Waals surface area contributed by atoms with Crippen molar-refractivity contribution in [1.29, 1.82) is 0 Å². The number of halogens is 5. The molecule has 4 aromatic rings. The van der Waals surface area contributed by atoms with Gasteiger partial charge < -0.3 is 32.7 Å². The summed E-state index contributed by atoms with van der Waals surface area (Å²) in [5.74, 6) is -4.44. The highest BCUT2D eigenvalue weighted by Crippen LogP contribution is 2.39. The average Bonchev–Trinajstić information content (AvgIpc) is 3.29. The molecule has 9 N–H and O–H groups in total. The van der Waals surface area contributed by atoms with Crippen LogP contribution < -0.4 is 22.5 Å². The quantitative estimate of drug-likeness (QED) is 0.120. The van der Waals surface area contributed by atoms with Gasteiger partial charge in [-0.15, -0.1) is 11.3 Å². The first-order chi connectivity index (χ1) is 20.2. The van der Waals surface area contributed by atoms with Crippen LogP contribution in [0.25, 0.3) is 0 Å². The molecule has 228 valence electrons. The summed E-state index contributed by atoms with van der Waals surface area (Å²) in [6, 6.07) is 21.5. The van der Waals surface area contributed by atoms with Crippen LogP contribution >= 0.6 is 34.5 Å². The number of nitrogens with one attached hydrogen (secondary N) is 1. The number of carbonyl (C=O) groups is 3. The van der Waals surface area contributed by atoms with E-state index < -0.39 is 23.9 Å². The summed E-state index contributed by atoms with van der Waals surface area (Å²) in [6.07, 6.45) is -5.08. The monoisotopic (exact) mass is 656 g/mol. The maximum absolute atomic E-state index is 12.8.